The van der Waals surface area contributed by atoms with Gasteiger partial charge >= 0.3 is 0 Å². The Balaban J connectivity index is 0.00000264. The second-order valence-corrected chi connectivity index (χ2v) is 8.04. The van der Waals surface area contributed by atoms with Gasteiger partial charge in [-0.15, -0.1) is 24.0 Å². The predicted octanol–water partition coefficient (Wildman–Crippen LogP) is 3.52. The van der Waals surface area contributed by atoms with E-state index in [0.717, 1.165) is 42.7 Å². The molecule has 0 atom stereocenters. The Morgan fingerprint density at radius 3 is 2.78 bits per heavy atom. The number of halogens is 1. The van der Waals surface area contributed by atoms with Gasteiger partial charge in [-0.25, -0.2) is 0 Å². The van der Waals surface area contributed by atoms with Gasteiger partial charge in [0.25, 0.3) is 0 Å². The van der Waals surface area contributed by atoms with Crippen molar-refractivity contribution in [3.63, 3.8) is 0 Å². The molecule has 0 bridgehead atoms. The van der Waals surface area contributed by atoms with Crippen molar-refractivity contribution in [2.24, 2.45) is 4.99 Å². The Hall–Kier alpha value is -0.630. The second kappa shape index (κ2) is 9.01. The molecule has 0 amide bonds. The maximum atomic E-state index is 5.39. The molecule has 1 aromatic rings. The van der Waals surface area contributed by atoms with Crippen molar-refractivity contribution in [3.8, 4) is 5.75 Å². The Bertz CT molecular complexity index is 549. The molecule has 1 saturated heterocycles. The lowest BCUT2D eigenvalue weighted by atomic mass is 10.1. The smallest absolute Gasteiger partial charge is 0.193 e. The lowest BCUT2D eigenvalue weighted by Gasteiger charge is -2.39. The van der Waals surface area contributed by atoms with E-state index < -0.39 is 0 Å². The first kappa shape index (κ1) is 20.4. The standard InChI is InChI=1S/C17H27N3OS.HI/c1-13-6-7-14(10-15(13)21-5)11-19-16(18-4)20-8-9-22-17(2,3)12-20;/h6-7,10H,8-9,11-12H2,1-5H3,(H,18,19);1H. The van der Waals surface area contributed by atoms with Gasteiger partial charge in [0.2, 0.25) is 0 Å². The maximum Gasteiger partial charge on any atom is 0.193 e. The third kappa shape index (κ3) is 5.74. The van der Waals surface area contributed by atoms with Crippen LogP contribution in [0, 0.1) is 6.92 Å². The molecule has 1 aliphatic heterocycles. The van der Waals surface area contributed by atoms with E-state index in [1.807, 2.05) is 18.8 Å². The summed E-state index contributed by atoms with van der Waals surface area (Å²) in [6.07, 6.45) is 0. The second-order valence-electron chi connectivity index (χ2n) is 6.23. The Labute approximate surface area is 161 Å². The number of nitrogens with zero attached hydrogens (tertiary/aromatic N) is 2. The zero-order chi connectivity index (χ0) is 16.2. The summed E-state index contributed by atoms with van der Waals surface area (Å²) in [6.45, 7) is 9.47. The van der Waals surface area contributed by atoms with Gasteiger partial charge in [0.05, 0.1) is 7.11 Å². The summed E-state index contributed by atoms with van der Waals surface area (Å²) >= 11 is 2.03. The van der Waals surface area contributed by atoms with Gasteiger partial charge in [0.15, 0.2) is 5.96 Å². The summed E-state index contributed by atoms with van der Waals surface area (Å²) in [6, 6.07) is 6.32. The van der Waals surface area contributed by atoms with Crippen molar-refractivity contribution < 1.29 is 4.74 Å². The first-order valence-electron chi connectivity index (χ1n) is 7.68. The highest BCUT2D eigenvalue weighted by molar-refractivity contribution is 14.0. The van der Waals surface area contributed by atoms with Crippen LogP contribution in [0.25, 0.3) is 0 Å². The van der Waals surface area contributed by atoms with E-state index in [-0.39, 0.29) is 28.7 Å². The molecule has 0 spiro atoms. The van der Waals surface area contributed by atoms with Gasteiger partial charge in [0.1, 0.15) is 5.75 Å². The molecule has 0 radical (unpaired) electrons. The third-order valence-corrected chi connectivity index (χ3v) is 5.16. The predicted molar refractivity (Wildman–Crippen MR) is 111 cm³/mol. The molecule has 23 heavy (non-hydrogen) atoms. The van der Waals surface area contributed by atoms with Crippen LogP contribution < -0.4 is 10.1 Å². The highest BCUT2D eigenvalue weighted by Gasteiger charge is 2.28. The van der Waals surface area contributed by atoms with E-state index in [2.05, 4.69) is 54.2 Å². The molecule has 6 heteroatoms. The van der Waals surface area contributed by atoms with Gasteiger partial charge < -0.3 is 15.0 Å². The fraction of sp³-hybridized carbons (Fsp3) is 0.588. The summed E-state index contributed by atoms with van der Waals surface area (Å²) in [4.78, 5) is 6.79. The molecule has 0 aliphatic carbocycles. The number of guanidine groups is 1. The van der Waals surface area contributed by atoms with E-state index in [1.165, 1.54) is 5.56 Å². The van der Waals surface area contributed by atoms with Crippen LogP contribution >= 0.6 is 35.7 Å². The van der Waals surface area contributed by atoms with E-state index >= 15 is 0 Å². The zero-order valence-electron chi connectivity index (χ0n) is 14.7. The molecule has 1 fully saturated rings. The number of methoxy groups -OCH3 is 1. The average Bonchev–Trinajstić information content (AvgIpc) is 2.48. The molecule has 130 valence electrons. The minimum Gasteiger partial charge on any atom is -0.496 e. The highest BCUT2D eigenvalue weighted by atomic mass is 127. The lowest BCUT2D eigenvalue weighted by molar-refractivity contribution is 0.375. The fourth-order valence-corrected chi connectivity index (χ4v) is 3.80. The molecule has 4 nitrogen and oxygen atoms in total. The molecule has 0 aromatic heterocycles. The van der Waals surface area contributed by atoms with Crippen molar-refractivity contribution in [1.82, 2.24) is 10.2 Å². The van der Waals surface area contributed by atoms with Crippen LogP contribution in [-0.2, 0) is 6.54 Å². The molecule has 2 rings (SSSR count). The number of nitrogens with one attached hydrogen (secondary N) is 1. The number of aliphatic imine (C=N–C) groups is 1. The van der Waals surface area contributed by atoms with E-state index in [1.54, 1.807) is 7.11 Å². The summed E-state index contributed by atoms with van der Waals surface area (Å²) in [5.74, 6) is 3.06. The van der Waals surface area contributed by atoms with Gasteiger partial charge in [-0.3, -0.25) is 4.99 Å². The van der Waals surface area contributed by atoms with Crippen LogP contribution in [0.3, 0.4) is 0 Å². The zero-order valence-corrected chi connectivity index (χ0v) is 17.8. The first-order valence-corrected chi connectivity index (χ1v) is 8.67. The van der Waals surface area contributed by atoms with Crippen LogP contribution in [-0.4, -0.2) is 48.6 Å². The van der Waals surface area contributed by atoms with Crippen LogP contribution in [0.15, 0.2) is 23.2 Å². The molecular weight excluding hydrogens is 421 g/mol. The number of hydrogen-bond donors (Lipinski definition) is 1. The SMILES string of the molecule is CN=C(NCc1ccc(C)c(OC)c1)N1CCSC(C)(C)C1.I. The normalized spacial score (nSPS) is 17.4. The maximum absolute atomic E-state index is 5.39. The molecule has 0 unspecified atom stereocenters. The molecule has 0 saturated carbocycles. The van der Waals surface area contributed by atoms with E-state index in [9.17, 15) is 0 Å². The number of benzene rings is 1. The summed E-state index contributed by atoms with van der Waals surface area (Å²) < 4.78 is 5.67. The van der Waals surface area contributed by atoms with Crippen LogP contribution in [0.4, 0.5) is 0 Å². The fourth-order valence-electron chi connectivity index (χ4n) is 2.69. The minimum absolute atomic E-state index is 0. The molecular formula is C17H28IN3OS. The van der Waals surface area contributed by atoms with E-state index in [4.69, 9.17) is 4.74 Å². The molecule has 1 aromatic carbocycles. The molecule has 1 heterocycles. The third-order valence-electron chi connectivity index (χ3n) is 3.86. The number of ether oxygens (including phenoxy) is 1. The summed E-state index contributed by atoms with van der Waals surface area (Å²) in [5, 5.41) is 3.48. The van der Waals surface area contributed by atoms with Crippen molar-refractivity contribution in [2.75, 3.05) is 33.0 Å². The first-order chi connectivity index (χ1) is 10.4. The van der Waals surface area contributed by atoms with Crippen molar-refractivity contribution in [1.29, 1.82) is 0 Å². The number of rotatable bonds is 3. The lowest BCUT2D eigenvalue weighted by Crippen LogP contribution is -2.50. The summed E-state index contributed by atoms with van der Waals surface area (Å²) in [5.41, 5.74) is 2.36. The van der Waals surface area contributed by atoms with Gasteiger partial charge in [-0.2, -0.15) is 11.8 Å². The van der Waals surface area contributed by atoms with Crippen molar-refractivity contribution in [2.45, 2.75) is 32.1 Å². The van der Waals surface area contributed by atoms with Gasteiger partial charge in [0, 0.05) is 37.2 Å². The van der Waals surface area contributed by atoms with Crippen LogP contribution in [0.5, 0.6) is 5.75 Å². The number of hydrogen-bond acceptors (Lipinski definition) is 3. The quantitative estimate of drug-likeness (QED) is 0.435. The number of aryl methyl sites for hydroxylation is 1. The van der Waals surface area contributed by atoms with Crippen molar-refractivity contribution >= 4 is 41.7 Å². The molecule has 1 aliphatic rings. The Morgan fingerprint density at radius 1 is 1.43 bits per heavy atom. The molecule has 1 N–H and O–H groups in total. The summed E-state index contributed by atoms with van der Waals surface area (Å²) in [7, 11) is 3.57. The topological polar surface area (TPSA) is 36.9 Å². The Kier molecular flexibility index (Phi) is 8.00. The largest absolute Gasteiger partial charge is 0.496 e. The number of thioether (sulfide) groups is 1. The monoisotopic (exact) mass is 449 g/mol. The van der Waals surface area contributed by atoms with Gasteiger partial charge in [-0.05, 0) is 38.0 Å². The van der Waals surface area contributed by atoms with Gasteiger partial charge in [-0.1, -0.05) is 12.1 Å². The minimum atomic E-state index is 0. The Morgan fingerprint density at radius 2 is 2.17 bits per heavy atom. The van der Waals surface area contributed by atoms with Crippen LogP contribution in [0.2, 0.25) is 0 Å². The van der Waals surface area contributed by atoms with E-state index in [0.29, 0.717) is 0 Å². The van der Waals surface area contributed by atoms with Crippen LogP contribution in [0.1, 0.15) is 25.0 Å². The highest BCUT2D eigenvalue weighted by Crippen LogP contribution is 2.29. The average molecular weight is 449 g/mol. The van der Waals surface area contributed by atoms with Crippen molar-refractivity contribution in [3.05, 3.63) is 29.3 Å².